The number of pyridine rings is 1. The maximum absolute atomic E-state index is 13.6. The molecule has 0 amide bonds. The molecule has 7 heteroatoms. The van der Waals surface area contributed by atoms with E-state index >= 15 is 0 Å². The van der Waals surface area contributed by atoms with Crippen LogP contribution in [0.5, 0.6) is 0 Å². The second kappa shape index (κ2) is 7.99. The van der Waals surface area contributed by atoms with Crippen molar-refractivity contribution in [1.29, 1.82) is 0 Å². The molecular weight excluding hydrogens is 385 g/mol. The number of aromatic nitrogens is 3. The number of rotatable bonds is 5. The van der Waals surface area contributed by atoms with Gasteiger partial charge in [-0.3, -0.25) is 14.5 Å². The van der Waals surface area contributed by atoms with Crippen LogP contribution in [0.3, 0.4) is 0 Å². The number of hydrogen-bond donors (Lipinski definition) is 2. The highest BCUT2D eigenvalue weighted by atomic mass is 19.1. The Balaban J connectivity index is 2.01. The molecule has 4 rings (SSSR count). The van der Waals surface area contributed by atoms with Gasteiger partial charge < -0.3 is 10.2 Å². The Morgan fingerprint density at radius 2 is 1.97 bits per heavy atom. The molecule has 2 aromatic heterocycles. The summed E-state index contributed by atoms with van der Waals surface area (Å²) in [6.45, 7) is 3.67. The number of aliphatic hydroxyl groups is 1. The summed E-state index contributed by atoms with van der Waals surface area (Å²) in [6.07, 6.45) is 4.03. The fourth-order valence-electron chi connectivity index (χ4n) is 4.25. The number of fused-ring (bicyclic) bond motifs is 3. The molecule has 0 unspecified atom stereocenters. The van der Waals surface area contributed by atoms with Gasteiger partial charge in [0.2, 0.25) is 0 Å². The molecule has 2 heterocycles. The quantitative estimate of drug-likeness (QED) is 0.666. The molecule has 2 N–H and O–H groups in total. The third-order valence-electron chi connectivity index (χ3n) is 5.50. The molecule has 1 aliphatic rings. The number of carbonyl (C=O) groups is 1. The van der Waals surface area contributed by atoms with E-state index < -0.39 is 5.97 Å². The first-order chi connectivity index (χ1) is 14.4. The molecule has 3 aromatic rings. The molecule has 0 bridgehead atoms. The van der Waals surface area contributed by atoms with E-state index in [4.69, 9.17) is 10.1 Å². The Morgan fingerprint density at radius 3 is 2.60 bits per heavy atom. The van der Waals surface area contributed by atoms with Gasteiger partial charge in [0.1, 0.15) is 12.4 Å². The van der Waals surface area contributed by atoms with Crippen LogP contribution in [0.1, 0.15) is 48.7 Å². The number of carboxylic acid groups (broad SMARTS) is 1. The summed E-state index contributed by atoms with van der Waals surface area (Å²) in [7, 11) is 0. The number of aryl methyl sites for hydroxylation is 1. The Labute approximate surface area is 174 Å². The van der Waals surface area contributed by atoms with E-state index in [2.05, 4.69) is 5.10 Å². The van der Waals surface area contributed by atoms with Crippen LogP contribution >= 0.6 is 0 Å². The fraction of sp³-hybridized carbons (Fsp3) is 0.348. The van der Waals surface area contributed by atoms with E-state index in [1.807, 2.05) is 13.8 Å². The molecule has 6 nitrogen and oxygen atoms in total. The van der Waals surface area contributed by atoms with Crippen molar-refractivity contribution in [3.8, 4) is 22.4 Å². The molecule has 156 valence electrons. The topological polar surface area (TPSA) is 88.2 Å². The zero-order valence-electron chi connectivity index (χ0n) is 17.0. The molecule has 0 atom stereocenters. The van der Waals surface area contributed by atoms with Crippen molar-refractivity contribution in [3.63, 3.8) is 0 Å². The lowest BCUT2D eigenvalue weighted by Gasteiger charge is -2.21. The summed E-state index contributed by atoms with van der Waals surface area (Å²) >= 11 is 0. The van der Waals surface area contributed by atoms with Crippen molar-refractivity contribution < 1.29 is 19.4 Å². The highest BCUT2D eigenvalue weighted by Crippen LogP contribution is 2.41. The SMILES string of the molecule is CC(C)c1nc2c(c(-c3ccc(F)cc3)c1CO)CCCc1nn(CC(=O)O)cc1-2. The van der Waals surface area contributed by atoms with Gasteiger partial charge in [-0.05, 0) is 54.0 Å². The van der Waals surface area contributed by atoms with E-state index in [0.29, 0.717) is 6.42 Å². The summed E-state index contributed by atoms with van der Waals surface area (Å²) in [6, 6.07) is 6.30. The Morgan fingerprint density at radius 1 is 1.23 bits per heavy atom. The molecule has 1 aliphatic carbocycles. The van der Waals surface area contributed by atoms with E-state index in [9.17, 15) is 14.3 Å². The van der Waals surface area contributed by atoms with Crippen LogP contribution in [0, 0.1) is 5.82 Å². The highest BCUT2D eigenvalue weighted by molar-refractivity contribution is 5.81. The minimum absolute atomic E-state index is 0.0671. The zero-order chi connectivity index (χ0) is 21.4. The van der Waals surface area contributed by atoms with Crippen molar-refractivity contribution >= 4 is 5.97 Å². The van der Waals surface area contributed by atoms with E-state index in [1.165, 1.54) is 16.8 Å². The molecule has 0 fully saturated rings. The number of halogens is 1. The first kappa shape index (κ1) is 20.2. The number of benzene rings is 1. The maximum Gasteiger partial charge on any atom is 0.325 e. The van der Waals surface area contributed by atoms with Crippen molar-refractivity contribution in [2.45, 2.75) is 52.2 Å². The normalized spacial score (nSPS) is 13.1. The summed E-state index contributed by atoms with van der Waals surface area (Å²) in [5.74, 6) is -1.20. The molecule has 0 saturated heterocycles. The van der Waals surface area contributed by atoms with Crippen LogP contribution < -0.4 is 0 Å². The molecule has 0 spiro atoms. The molecule has 30 heavy (non-hydrogen) atoms. The molecule has 1 aromatic carbocycles. The minimum atomic E-state index is -0.952. The summed E-state index contributed by atoms with van der Waals surface area (Å²) in [5.41, 5.74) is 6.71. The second-order valence-corrected chi connectivity index (χ2v) is 7.93. The lowest BCUT2D eigenvalue weighted by molar-refractivity contribution is -0.137. The van der Waals surface area contributed by atoms with Crippen LogP contribution in [0.4, 0.5) is 4.39 Å². The zero-order valence-corrected chi connectivity index (χ0v) is 17.0. The first-order valence-electron chi connectivity index (χ1n) is 10.1. The van der Waals surface area contributed by atoms with E-state index in [-0.39, 0.29) is 24.9 Å². The van der Waals surface area contributed by atoms with Gasteiger partial charge in [0.15, 0.2) is 0 Å². The van der Waals surface area contributed by atoms with Gasteiger partial charge >= 0.3 is 5.97 Å². The minimum Gasteiger partial charge on any atom is -0.480 e. The lowest BCUT2D eigenvalue weighted by Crippen LogP contribution is -2.10. The van der Waals surface area contributed by atoms with Gasteiger partial charge in [-0.2, -0.15) is 5.10 Å². The van der Waals surface area contributed by atoms with Crippen LogP contribution in [0.15, 0.2) is 30.5 Å². The highest BCUT2D eigenvalue weighted by Gasteiger charge is 2.27. The van der Waals surface area contributed by atoms with E-state index in [1.54, 1.807) is 18.3 Å². The van der Waals surface area contributed by atoms with Crippen molar-refractivity contribution in [2.24, 2.45) is 0 Å². The Bertz CT molecular complexity index is 1100. The van der Waals surface area contributed by atoms with Crippen molar-refractivity contribution in [2.75, 3.05) is 0 Å². The lowest BCUT2D eigenvalue weighted by atomic mass is 9.87. The monoisotopic (exact) mass is 409 g/mol. The predicted octanol–water partition coefficient (Wildman–Crippen LogP) is 3.94. The van der Waals surface area contributed by atoms with Crippen LogP contribution in [0.2, 0.25) is 0 Å². The van der Waals surface area contributed by atoms with Gasteiger partial charge in [0.25, 0.3) is 0 Å². The number of aliphatic hydroxyl groups excluding tert-OH is 1. The average Bonchev–Trinajstić information content (AvgIpc) is 3.01. The van der Waals surface area contributed by atoms with Gasteiger partial charge in [-0.1, -0.05) is 26.0 Å². The summed E-state index contributed by atoms with van der Waals surface area (Å²) in [4.78, 5) is 16.1. The van der Waals surface area contributed by atoms with E-state index in [0.717, 1.165) is 57.7 Å². The van der Waals surface area contributed by atoms with Gasteiger partial charge in [-0.25, -0.2) is 4.39 Å². The van der Waals surface area contributed by atoms with Crippen molar-refractivity contribution in [1.82, 2.24) is 14.8 Å². The largest absolute Gasteiger partial charge is 0.480 e. The molecule has 0 saturated carbocycles. The van der Waals surface area contributed by atoms with Crippen molar-refractivity contribution in [3.05, 3.63) is 58.8 Å². The molecule has 0 radical (unpaired) electrons. The third kappa shape index (κ3) is 3.61. The molecule has 0 aliphatic heterocycles. The third-order valence-corrected chi connectivity index (χ3v) is 5.50. The first-order valence-corrected chi connectivity index (χ1v) is 10.1. The number of nitrogens with zero attached hydrogens (tertiary/aromatic N) is 3. The predicted molar refractivity (Wildman–Crippen MR) is 111 cm³/mol. The fourth-order valence-corrected chi connectivity index (χ4v) is 4.25. The molecular formula is C23H24FN3O3. The number of aliphatic carboxylic acids is 1. The maximum atomic E-state index is 13.6. The Kier molecular flexibility index (Phi) is 5.39. The number of carboxylic acids is 1. The van der Waals surface area contributed by atoms with Crippen LogP contribution in [-0.2, 0) is 30.8 Å². The summed E-state index contributed by atoms with van der Waals surface area (Å²) < 4.78 is 15.0. The van der Waals surface area contributed by atoms with Gasteiger partial charge in [0.05, 0.1) is 18.0 Å². The van der Waals surface area contributed by atoms with Gasteiger partial charge in [0, 0.05) is 23.0 Å². The van der Waals surface area contributed by atoms with Crippen LogP contribution in [0.25, 0.3) is 22.4 Å². The standard InChI is InChI=1S/C23H24FN3O3/c1-13(2)22-18(12-28)21(14-6-8-15(24)9-7-14)16-4-3-5-19-17(23(16)25-22)10-27(26-19)11-20(29)30/h6-10,13,28H,3-5,11-12H2,1-2H3,(H,29,30). The van der Waals surface area contributed by atoms with Gasteiger partial charge in [-0.15, -0.1) is 0 Å². The smallest absolute Gasteiger partial charge is 0.325 e. The second-order valence-electron chi connectivity index (χ2n) is 7.93. The van der Waals surface area contributed by atoms with Crippen LogP contribution in [-0.4, -0.2) is 30.9 Å². The summed E-state index contributed by atoms with van der Waals surface area (Å²) in [5, 5.41) is 23.9. The Hall–Kier alpha value is -3.06. The number of hydrogen-bond acceptors (Lipinski definition) is 4. The average molecular weight is 409 g/mol.